The minimum Gasteiger partial charge on any atom is -0.497 e. The molecule has 0 amide bonds. The van der Waals surface area contributed by atoms with Gasteiger partial charge in [-0.2, -0.15) is 5.26 Å². The van der Waals surface area contributed by atoms with Crippen LogP contribution in [0.1, 0.15) is 30.7 Å². The van der Waals surface area contributed by atoms with Crippen LogP contribution >= 0.6 is 11.3 Å². The molecule has 0 aliphatic heterocycles. The molecule has 3 fully saturated rings. The summed E-state index contributed by atoms with van der Waals surface area (Å²) < 4.78 is 22.8. The lowest BCUT2D eigenvalue weighted by molar-refractivity contribution is -0.163. The van der Waals surface area contributed by atoms with Crippen LogP contribution in [0.2, 0.25) is 0 Å². The third kappa shape index (κ3) is 2.87. The van der Waals surface area contributed by atoms with Crippen LogP contribution in [0.15, 0.2) is 46.2 Å². The molecule has 0 unspecified atom stereocenters. The highest BCUT2D eigenvalue weighted by molar-refractivity contribution is 7.22. The fourth-order valence-corrected chi connectivity index (χ4v) is 7.08. The SMILES string of the molecule is COc1ccc(C#N)c(-c2cc3[nH]c(=O)n(-c4cncc5nc(C67CC(F)(C6)C7)n(C)c45)c(=O)c3s2)c1. The lowest BCUT2D eigenvalue weighted by Gasteiger charge is -2.65. The maximum atomic E-state index is 14.2. The van der Waals surface area contributed by atoms with Crippen LogP contribution in [-0.4, -0.2) is 36.9 Å². The molecular formula is C26H19FN6O3S. The fourth-order valence-electron chi connectivity index (χ4n) is 6.00. The van der Waals surface area contributed by atoms with Gasteiger partial charge in [0.15, 0.2) is 0 Å². The standard InChI is InChI=1S/C26H19FN6O3S/c1-32-20-17(30-23(32)25-10-26(27,11-25)12-25)8-29-9-18(20)33-22(34)21-16(31-24(33)35)6-19(37-21)15-5-14(36-2)4-3-13(15)7-28/h3-6,8-9H,10-12H2,1-2H3,(H,31,35). The number of aryl methyl sites for hydroxylation is 1. The molecule has 184 valence electrons. The summed E-state index contributed by atoms with van der Waals surface area (Å²) in [5, 5.41) is 9.59. The van der Waals surface area contributed by atoms with E-state index in [0.29, 0.717) is 68.0 Å². The van der Waals surface area contributed by atoms with E-state index < -0.39 is 16.9 Å². The summed E-state index contributed by atoms with van der Waals surface area (Å²) in [5.41, 5.74) is 0.372. The Morgan fingerprint density at radius 3 is 2.70 bits per heavy atom. The number of halogens is 1. The molecule has 3 aliphatic rings. The number of benzene rings is 1. The maximum Gasteiger partial charge on any atom is 0.333 e. The number of fused-ring (bicyclic) bond motifs is 2. The summed E-state index contributed by atoms with van der Waals surface area (Å²) in [5.74, 6) is 1.33. The number of rotatable bonds is 4. The van der Waals surface area contributed by atoms with E-state index in [1.165, 1.54) is 24.6 Å². The summed E-state index contributed by atoms with van der Waals surface area (Å²) in [6.45, 7) is 0. The third-order valence-electron chi connectivity index (χ3n) is 7.63. The Bertz CT molecular complexity index is 1940. The van der Waals surface area contributed by atoms with Crippen molar-refractivity contribution in [1.29, 1.82) is 5.26 Å². The monoisotopic (exact) mass is 514 g/mol. The lowest BCUT2D eigenvalue weighted by Crippen LogP contribution is -2.67. The Kier molecular flexibility index (Phi) is 4.23. The minimum atomic E-state index is -1.08. The lowest BCUT2D eigenvalue weighted by atomic mass is 9.42. The number of aromatic nitrogens is 5. The third-order valence-corrected chi connectivity index (χ3v) is 8.78. The number of imidazole rings is 1. The van der Waals surface area contributed by atoms with E-state index >= 15 is 0 Å². The molecule has 8 rings (SSSR count). The Labute approximate surface area is 212 Å². The number of aromatic amines is 1. The number of nitrogens with zero attached hydrogens (tertiary/aromatic N) is 5. The van der Waals surface area contributed by atoms with Gasteiger partial charge >= 0.3 is 5.69 Å². The minimum absolute atomic E-state index is 0.293. The largest absolute Gasteiger partial charge is 0.497 e. The number of hydrogen-bond acceptors (Lipinski definition) is 7. The molecule has 1 aromatic carbocycles. The number of thiophene rings is 1. The number of ether oxygens (including phenoxy) is 1. The zero-order valence-corrected chi connectivity index (χ0v) is 20.6. The molecule has 9 nitrogen and oxygen atoms in total. The highest BCUT2D eigenvalue weighted by Crippen LogP contribution is 2.69. The van der Waals surface area contributed by atoms with Gasteiger partial charge in [0, 0.05) is 22.9 Å². The molecule has 0 spiro atoms. The molecule has 4 heterocycles. The Morgan fingerprint density at radius 1 is 1.22 bits per heavy atom. The molecule has 5 aromatic rings. The first-order chi connectivity index (χ1) is 17.8. The van der Waals surface area contributed by atoms with Crippen LogP contribution < -0.4 is 16.0 Å². The molecule has 37 heavy (non-hydrogen) atoms. The Balaban J connectivity index is 1.42. The van der Waals surface area contributed by atoms with Crippen molar-refractivity contribution in [3.63, 3.8) is 0 Å². The summed E-state index contributed by atoms with van der Waals surface area (Å²) in [7, 11) is 3.36. The number of hydrogen-bond donors (Lipinski definition) is 1. The molecule has 3 aliphatic carbocycles. The van der Waals surface area contributed by atoms with Crippen LogP contribution in [0, 0.1) is 11.3 Å². The predicted molar refractivity (Wildman–Crippen MR) is 136 cm³/mol. The van der Waals surface area contributed by atoms with Crippen LogP contribution in [0.4, 0.5) is 4.39 Å². The smallest absolute Gasteiger partial charge is 0.333 e. The maximum absolute atomic E-state index is 14.2. The van der Waals surface area contributed by atoms with Crippen LogP contribution in [0.25, 0.3) is 37.4 Å². The summed E-state index contributed by atoms with van der Waals surface area (Å²) in [6, 6.07) is 8.94. The number of methoxy groups -OCH3 is 1. The van der Waals surface area contributed by atoms with Crippen molar-refractivity contribution in [3.05, 3.63) is 68.9 Å². The van der Waals surface area contributed by atoms with Crippen LogP contribution in [0.5, 0.6) is 5.75 Å². The predicted octanol–water partition coefficient (Wildman–Crippen LogP) is 3.71. The van der Waals surface area contributed by atoms with Gasteiger partial charge in [-0.25, -0.2) is 18.7 Å². The summed E-state index contributed by atoms with van der Waals surface area (Å²) in [6.07, 6.45) is 4.39. The van der Waals surface area contributed by atoms with E-state index in [4.69, 9.17) is 9.72 Å². The Hall–Kier alpha value is -4.30. The molecule has 3 saturated carbocycles. The van der Waals surface area contributed by atoms with Gasteiger partial charge in [0.05, 0.1) is 47.9 Å². The van der Waals surface area contributed by atoms with Gasteiger partial charge in [-0.05, 0) is 43.5 Å². The van der Waals surface area contributed by atoms with Crippen molar-refractivity contribution in [2.75, 3.05) is 7.11 Å². The van der Waals surface area contributed by atoms with Gasteiger partial charge in [0.2, 0.25) is 0 Å². The average molecular weight is 515 g/mol. The molecule has 4 aromatic heterocycles. The zero-order valence-electron chi connectivity index (χ0n) is 19.8. The van der Waals surface area contributed by atoms with Gasteiger partial charge in [-0.1, -0.05) is 0 Å². The Morgan fingerprint density at radius 2 is 2.00 bits per heavy atom. The van der Waals surface area contributed by atoms with Crippen molar-refractivity contribution in [2.45, 2.75) is 30.3 Å². The van der Waals surface area contributed by atoms with Crippen molar-refractivity contribution in [3.8, 4) is 27.9 Å². The molecule has 0 radical (unpaired) electrons. The van der Waals surface area contributed by atoms with E-state index in [1.807, 2.05) is 11.6 Å². The summed E-state index contributed by atoms with van der Waals surface area (Å²) in [4.78, 5) is 39.4. The van der Waals surface area contributed by atoms with Crippen molar-refractivity contribution < 1.29 is 9.13 Å². The van der Waals surface area contributed by atoms with Gasteiger partial charge < -0.3 is 14.3 Å². The van der Waals surface area contributed by atoms with Crippen LogP contribution in [0.3, 0.4) is 0 Å². The van der Waals surface area contributed by atoms with Gasteiger partial charge in [-0.3, -0.25) is 9.78 Å². The number of H-pyrrole nitrogens is 1. The number of pyridine rings is 1. The molecular weight excluding hydrogens is 495 g/mol. The van der Waals surface area contributed by atoms with Gasteiger partial charge in [0.1, 0.15) is 27.5 Å². The van der Waals surface area contributed by atoms with Crippen molar-refractivity contribution in [2.24, 2.45) is 7.05 Å². The van der Waals surface area contributed by atoms with E-state index in [-0.39, 0.29) is 5.41 Å². The highest BCUT2D eigenvalue weighted by atomic mass is 32.1. The van der Waals surface area contributed by atoms with Crippen molar-refractivity contribution >= 4 is 32.6 Å². The first-order valence-electron chi connectivity index (χ1n) is 11.6. The number of alkyl halides is 1. The topological polar surface area (TPSA) is 119 Å². The first kappa shape index (κ1) is 21.9. The quantitative estimate of drug-likeness (QED) is 0.391. The number of nitrogens with one attached hydrogen (secondary N) is 1. The average Bonchev–Trinajstić information content (AvgIpc) is 3.43. The molecule has 0 atom stereocenters. The second kappa shape index (κ2) is 7.14. The summed E-state index contributed by atoms with van der Waals surface area (Å²) >= 11 is 1.19. The second-order valence-corrected chi connectivity index (χ2v) is 11.0. The molecule has 0 saturated heterocycles. The van der Waals surface area contributed by atoms with Gasteiger partial charge in [-0.15, -0.1) is 11.3 Å². The van der Waals surface area contributed by atoms with Crippen molar-refractivity contribution in [1.82, 2.24) is 24.1 Å². The highest BCUT2D eigenvalue weighted by Gasteiger charge is 2.71. The fraction of sp³-hybridized carbons (Fsp3) is 0.269. The molecule has 11 heteroatoms. The van der Waals surface area contributed by atoms with E-state index in [9.17, 15) is 19.2 Å². The van der Waals surface area contributed by atoms with E-state index in [0.717, 1.165) is 10.4 Å². The first-order valence-corrected chi connectivity index (χ1v) is 12.5. The molecule has 2 bridgehead atoms. The van der Waals surface area contributed by atoms with Gasteiger partial charge in [0.25, 0.3) is 5.56 Å². The number of nitriles is 1. The van der Waals surface area contributed by atoms with Crippen LogP contribution in [-0.2, 0) is 12.5 Å². The van der Waals surface area contributed by atoms with E-state index in [2.05, 4.69) is 16.0 Å². The second-order valence-electron chi connectivity index (χ2n) is 9.93. The zero-order chi connectivity index (χ0) is 25.7. The normalized spacial score (nSPS) is 22.0. The molecule has 1 N–H and O–H groups in total. The van der Waals surface area contributed by atoms with E-state index in [1.54, 1.807) is 30.5 Å².